The van der Waals surface area contributed by atoms with Crippen LogP contribution in [0.2, 0.25) is 0 Å². The summed E-state index contributed by atoms with van der Waals surface area (Å²) < 4.78 is 13.9. The van der Waals surface area contributed by atoms with Crippen molar-refractivity contribution in [2.45, 2.75) is 45.4 Å². The molecule has 0 radical (unpaired) electrons. The molecule has 114 valence electrons. The van der Waals surface area contributed by atoms with Crippen LogP contribution >= 0.6 is 0 Å². The molecule has 0 aromatic heterocycles. The van der Waals surface area contributed by atoms with E-state index in [1.54, 1.807) is 6.07 Å². The van der Waals surface area contributed by atoms with Crippen LogP contribution < -0.4 is 0 Å². The van der Waals surface area contributed by atoms with Crippen molar-refractivity contribution in [3.63, 3.8) is 0 Å². The molecule has 0 aliphatic rings. The van der Waals surface area contributed by atoms with Crippen molar-refractivity contribution in [1.29, 1.82) is 5.26 Å². The third-order valence-corrected chi connectivity index (χ3v) is 3.99. The van der Waals surface area contributed by atoms with Crippen molar-refractivity contribution in [3.05, 3.63) is 70.5 Å². The molecule has 2 aromatic carbocycles. The molecule has 1 unspecified atom stereocenters. The molecule has 0 saturated heterocycles. The van der Waals surface area contributed by atoms with E-state index in [-0.39, 0.29) is 17.2 Å². The van der Waals surface area contributed by atoms with Crippen molar-refractivity contribution in [3.8, 4) is 6.07 Å². The normalized spacial score (nSPS) is 12.7. The highest BCUT2D eigenvalue weighted by molar-refractivity contribution is 5.44. The predicted octanol–water partition coefficient (Wildman–Crippen LogP) is 5.34. The SMILES string of the molecule is CC(Cc1ccc(C#N)c(C(C)(C)C)c1)c1ccccc1F. The lowest BCUT2D eigenvalue weighted by Crippen LogP contribution is -2.14. The molecule has 22 heavy (non-hydrogen) atoms. The zero-order valence-electron chi connectivity index (χ0n) is 13.7. The Morgan fingerprint density at radius 1 is 1.14 bits per heavy atom. The first-order valence-corrected chi connectivity index (χ1v) is 7.61. The third kappa shape index (κ3) is 3.54. The van der Waals surface area contributed by atoms with Crippen molar-refractivity contribution in [1.82, 2.24) is 0 Å². The van der Waals surface area contributed by atoms with E-state index < -0.39 is 0 Å². The molecule has 2 aromatic rings. The molecule has 0 aliphatic carbocycles. The van der Waals surface area contributed by atoms with Gasteiger partial charge in [0.05, 0.1) is 11.6 Å². The molecule has 0 fully saturated rings. The van der Waals surface area contributed by atoms with E-state index in [2.05, 4.69) is 32.9 Å². The van der Waals surface area contributed by atoms with Crippen molar-refractivity contribution in [2.75, 3.05) is 0 Å². The van der Waals surface area contributed by atoms with E-state index >= 15 is 0 Å². The lowest BCUT2D eigenvalue weighted by atomic mass is 9.82. The summed E-state index contributed by atoms with van der Waals surface area (Å²) in [5, 5.41) is 9.27. The summed E-state index contributed by atoms with van der Waals surface area (Å²) in [5.74, 6) is -0.0540. The zero-order valence-corrected chi connectivity index (χ0v) is 13.7. The molecule has 0 N–H and O–H groups in total. The van der Waals surface area contributed by atoms with Gasteiger partial charge in [-0.05, 0) is 46.6 Å². The third-order valence-electron chi connectivity index (χ3n) is 3.99. The van der Waals surface area contributed by atoms with Gasteiger partial charge < -0.3 is 0 Å². The van der Waals surface area contributed by atoms with Gasteiger partial charge in [0.2, 0.25) is 0 Å². The fraction of sp³-hybridized carbons (Fsp3) is 0.350. The Kier molecular flexibility index (Phi) is 4.66. The maximum absolute atomic E-state index is 13.9. The summed E-state index contributed by atoms with van der Waals surface area (Å²) in [6.45, 7) is 8.35. The highest BCUT2D eigenvalue weighted by Crippen LogP contribution is 2.29. The largest absolute Gasteiger partial charge is 0.207 e. The van der Waals surface area contributed by atoms with Crippen molar-refractivity contribution < 1.29 is 4.39 Å². The minimum Gasteiger partial charge on any atom is -0.207 e. The van der Waals surface area contributed by atoms with Gasteiger partial charge in [-0.2, -0.15) is 5.26 Å². The van der Waals surface area contributed by atoms with Gasteiger partial charge in [0, 0.05) is 0 Å². The molecule has 2 heteroatoms. The number of nitriles is 1. The molecule has 1 atom stereocenters. The summed E-state index contributed by atoms with van der Waals surface area (Å²) in [7, 11) is 0. The fourth-order valence-corrected chi connectivity index (χ4v) is 2.77. The molecule has 0 aliphatic heterocycles. The second kappa shape index (κ2) is 6.32. The Morgan fingerprint density at radius 3 is 2.41 bits per heavy atom. The van der Waals surface area contributed by atoms with Gasteiger partial charge in [-0.1, -0.05) is 58.0 Å². The maximum Gasteiger partial charge on any atom is 0.126 e. The Hall–Kier alpha value is -2.14. The summed E-state index contributed by atoms with van der Waals surface area (Å²) in [4.78, 5) is 0. The summed E-state index contributed by atoms with van der Waals surface area (Å²) in [6, 6.07) is 15.1. The van der Waals surface area contributed by atoms with Crippen LogP contribution in [0.25, 0.3) is 0 Å². The lowest BCUT2D eigenvalue weighted by Gasteiger charge is -2.22. The van der Waals surface area contributed by atoms with Gasteiger partial charge in [-0.15, -0.1) is 0 Å². The number of halogens is 1. The standard InChI is InChI=1S/C20H22FN/c1-14(17-7-5-6-8-19(17)21)11-15-9-10-16(13-22)18(12-15)20(2,3)4/h5-10,12,14H,11H2,1-4H3. The Bertz CT molecular complexity index is 704. The van der Waals surface area contributed by atoms with Crippen LogP contribution in [0, 0.1) is 17.1 Å². The van der Waals surface area contributed by atoms with E-state index in [0.717, 1.165) is 28.7 Å². The van der Waals surface area contributed by atoms with Gasteiger partial charge in [-0.25, -0.2) is 4.39 Å². The second-order valence-corrected chi connectivity index (χ2v) is 6.87. The monoisotopic (exact) mass is 295 g/mol. The maximum atomic E-state index is 13.9. The van der Waals surface area contributed by atoms with E-state index in [4.69, 9.17) is 0 Å². The molecule has 1 nitrogen and oxygen atoms in total. The Balaban J connectivity index is 2.31. The summed E-state index contributed by atoms with van der Waals surface area (Å²) >= 11 is 0. The van der Waals surface area contributed by atoms with Crippen molar-refractivity contribution in [2.24, 2.45) is 0 Å². The molecule has 0 spiro atoms. The molecule has 2 rings (SSSR count). The van der Waals surface area contributed by atoms with Crippen LogP contribution in [-0.4, -0.2) is 0 Å². The van der Waals surface area contributed by atoms with E-state index in [9.17, 15) is 9.65 Å². The van der Waals surface area contributed by atoms with E-state index in [1.807, 2.05) is 31.2 Å². The summed E-state index contributed by atoms with van der Waals surface area (Å²) in [6.07, 6.45) is 0.760. The summed E-state index contributed by atoms with van der Waals surface area (Å²) in [5.41, 5.74) is 3.56. The second-order valence-electron chi connectivity index (χ2n) is 6.87. The minimum absolute atomic E-state index is 0.0810. The van der Waals surface area contributed by atoms with Crippen LogP contribution in [0.1, 0.15) is 55.9 Å². The lowest BCUT2D eigenvalue weighted by molar-refractivity contribution is 0.580. The molecular formula is C20H22FN. The van der Waals surface area contributed by atoms with Gasteiger partial charge in [0.15, 0.2) is 0 Å². The number of rotatable bonds is 3. The van der Waals surface area contributed by atoms with Crippen LogP contribution in [-0.2, 0) is 11.8 Å². The molecule has 0 saturated carbocycles. The number of hydrogen-bond acceptors (Lipinski definition) is 1. The van der Waals surface area contributed by atoms with Crippen LogP contribution in [0.4, 0.5) is 4.39 Å². The smallest absolute Gasteiger partial charge is 0.126 e. The van der Waals surface area contributed by atoms with E-state index in [0.29, 0.717) is 0 Å². The highest BCUT2D eigenvalue weighted by atomic mass is 19.1. The fourth-order valence-electron chi connectivity index (χ4n) is 2.77. The number of benzene rings is 2. The van der Waals surface area contributed by atoms with Crippen molar-refractivity contribution >= 4 is 0 Å². The molecule has 0 bridgehead atoms. The van der Waals surface area contributed by atoms with Crippen LogP contribution in [0.15, 0.2) is 42.5 Å². The number of hydrogen-bond donors (Lipinski definition) is 0. The average Bonchev–Trinajstić information content (AvgIpc) is 2.46. The minimum atomic E-state index is -0.153. The van der Waals surface area contributed by atoms with Gasteiger partial charge in [0.1, 0.15) is 5.82 Å². The average molecular weight is 295 g/mol. The zero-order chi connectivity index (χ0) is 16.3. The molecular weight excluding hydrogens is 273 g/mol. The molecule has 0 amide bonds. The first-order chi connectivity index (χ1) is 10.3. The van der Waals surface area contributed by atoms with Crippen LogP contribution in [0.5, 0.6) is 0 Å². The molecule has 0 heterocycles. The topological polar surface area (TPSA) is 23.8 Å². The highest BCUT2D eigenvalue weighted by Gasteiger charge is 2.19. The first kappa shape index (κ1) is 16.2. The van der Waals surface area contributed by atoms with E-state index in [1.165, 1.54) is 6.07 Å². The Labute approximate surface area is 132 Å². The van der Waals surface area contributed by atoms with Crippen LogP contribution in [0.3, 0.4) is 0 Å². The van der Waals surface area contributed by atoms with Gasteiger partial charge in [-0.3, -0.25) is 0 Å². The first-order valence-electron chi connectivity index (χ1n) is 7.61. The van der Waals surface area contributed by atoms with Gasteiger partial charge in [0.25, 0.3) is 0 Å². The number of nitrogens with zero attached hydrogens (tertiary/aromatic N) is 1. The Morgan fingerprint density at radius 2 is 1.82 bits per heavy atom. The van der Waals surface area contributed by atoms with Gasteiger partial charge >= 0.3 is 0 Å². The predicted molar refractivity (Wildman–Crippen MR) is 88.4 cm³/mol. The quantitative estimate of drug-likeness (QED) is 0.749.